The van der Waals surface area contributed by atoms with Crippen molar-refractivity contribution in [2.24, 2.45) is 5.92 Å². The Morgan fingerprint density at radius 3 is 2.76 bits per heavy atom. The van der Waals surface area contributed by atoms with Crippen LogP contribution in [0.4, 0.5) is 4.39 Å². The van der Waals surface area contributed by atoms with E-state index in [1.165, 1.54) is 12.1 Å². The number of sulfonamides is 1. The average molecular weight is 365 g/mol. The Labute approximate surface area is 145 Å². The van der Waals surface area contributed by atoms with Gasteiger partial charge in [0.05, 0.1) is 0 Å². The van der Waals surface area contributed by atoms with Gasteiger partial charge in [0.25, 0.3) is 5.91 Å². The number of nitrogens with zero attached hydrogens (tertiary/aromatic N) is 1. The highest BCUT2D eigenvalue weighted by Gasteiger charge is 2.25. The van der Waals surface area contributed by atoms with E-state index in [1.54, 1.807) is 17.0 Å². The lowest BCUT2D eigenvalue weighted by Gasteiger charge is -2.31. The van der Waals surface area contributed by atoms with E-state index in [9.17, 15) is 17.6 Å². The summed E-state index contributed by atoms with van der Waals surface area (Å²) in [4.78, 5) is 17.4. The number of carbonyl (C=O) groups excluding carboxylic acids is 1. The molecule has 134 valence electrons. The maximum Gasteiger partial charge on any atom is 0.270 e. The maximum absolute atomic E-state index is 13.3. The molecule has 1 aliphatic rings. The molecule has 1 fully saturated rings. The van der Waals surface area contributed by atoms with Crippen LogP contribution in [0.25, 0.3) is 10.9 Å². The van der Waals surface area contributed by atoms with Crippen LogP contribution in [0.5, 0.6) is 0 Å². The van der Waals surface area contributed by atoms with Gasteiger partial charge < -0.3 is 9.88 Å². The van der Waals surface area contributed by atoms with Crippen molar-refractivity contribution in [3.8, 4) is 0 Å². The highest BCUT2D eigenvalue weighted by Crippen LogP contribution is 2.21. The lowest BCUT2D eigenvalue weighted by atomic mass is 9.97. The molecule has 1 aromatic carbocycles. The number of benzene rings is 1. The summed E-state index contributed by atoms with van der Waals surface area (Å²) in [6.07, 6.45) is 1.44. The maximum atomic E-state index is 13.3. The van der Waals surface area contributed by atoms with Crippen LogP contribution >= 0.6 is 0 Å². The second-order valence-corrected chi connectivity index (χ2v) is 7.92. The number of hydrogen-bond donors (Lipinski definition) is 2. The minimum atomic E-state index is -3.41. The Morgan fingerprint density at radius 1 is 1.36 bits per heavy atom. The van der Waals surface area contributed by atoms with Crippen molar-refractivity contribution in [1.82, 2.24) is 14.6 Å². The van der Waals surface area contributed by atoms with Gasteiger partial charge in [0, 0.05) is 35.9 Å². The minimum Gasteiger partial charge on any atom is -0.351 e. The molecule has 0 bridgehead atoms. The second-order valence-electron chi connectivity index (χ2n) is 6.21. The highest BCUT2D eigenvalue weighted by atomic mass is 32.2. The number of rotatable bonds is 5. The van der Waals surface area contributed by atoms with Crippen LogP contribution in [0.1, 0.15) is 23.3 Å². The number of carbonyl (C=O) groups is 1. The molecule has 25 heavy (non-hydrogen) atoms. The normalized spacial score (nSPS) is 16.3. The number of fused-ring (bicyclic) bond motifs is 1. The van der Waals surface area contributed by atoms with E-state index >= 15 is 0 Å². The van der Waals surface area contributed by atoms with Crippen molar-refractivity contribution in [2.75, 3.05) is 19.6 Å². The fourth-order valence-electron chi connectivity index (χ4n) is 3.02. The van der Waals surface area contributed by atoms with Crippen molar-refractivity contribution in [2.45, 2.75) is 12.8 Å². The number of amides is 1. The Kier molecular flexibility index (Phi) is 4.91. The van der Waals surface area contributed by atoms with Crippen molar-refractivity contribution in [3.05, 3.63) is 47.8 Å². The monoisotopic (exact) mass is 365 g/mol. The molecule has 0 saturated carbocycles. The van der Waals surface area contributed by atoms with Crippen LogP contribution < -0.4 is 4.72 Å². The molecule has 8 heteroatoms. The molecule has 0 unspecified atom stereocenters. The average Bonchev–Trinajstić information content (AvgIpc) is 3.03. The number of nitrogens with one attached hydrogen (secondary N) is 2. The lowest BCUT2D eigenvalue weighted by Crippen LogP contribution is -2.41. The first-order chi connectivity index (χ1) is 11.9. The number of aromatic amines is 1. The molecule has 0 spiro atoms. The predicted octanol–water partition coefficient (Wildman–Crippen LogP) is 2.22. The third-order valence-electron chi connectivity index (χ3n) is 4.51. The summed E-state index contributed by atoms with van der Waals surface area (Å²) in [6.45, 7) is 4.72. The first-order valence-corrected chi connectivity index (χ1v) is 9.62. The standard InChI is InChI=1S/C17H20FN3O3S/c1-2-25(23,24)19-11-12-5-7-21(8-6-12)17(22)16-10-13-9-14(18)3-4-15(13)20-16/h2-4,9-10,12,19-20H,1,5-8,11H2. The smallest absolute Gasteiger partial charge is 0.270 e. The van der Waals surface area contributed by atoms with E-state index in [1.807, 2.05) is 0 Å². The molecular weight excluding hydrogens is 345 g/mol. The Balaban J connectivity index is 1.60. The molecule has 1 amide bonds. The number of aromatic nitrogens is 1. The highest BCUT2D eigenvalue weighted by molar-refractivity contribution is 7.92. The fourth-order valence-corrected chi connectivity index (χ4v) is 3.61. The fraction of sp³-hybridized carbons (Fsp3) is 0.353. The zero-order chi connectivity index (χ0) is 18.0. The zero-order valence-electron chi connectivity index (χ0n) is 13.7. The van der Waals surface area contributed by atoms with Crippen LogP contribution in [0.15, 0.2) is 36.3 Å². The number of halogens is 1. The SMILES string of the molecule is C=CS(=O)(=O)NCC1CCN(C(=O)c2cc3cc(F)ccc3[nH]2)CC1. The molecule has 6 nitrogen and oxygen atoms in total. The summed E-state index contributed by atoms with van der Waals surface area (Å²) in [6, 6.07) is 6.01. The molecule has 0 aliphatic carbocycles. The van der Waals surface area contributed by atoms with Crippen molar-refractivity contribution in [3.63, 3.8) is 0 Å². The van der Waals surface area contributed by atoms with Crippen molar-refractivity contribution < 1.29 is 17.6 Å². The molecule has 1 saturated heterocycles. The summed E-state index contributed by atoms with van der Waals surface area (Å²) in [5, 5.41) is 1.56. The molecule has 2 heterocycles. The number of piperidine rings is 1. The molecule has 2 aromatic rings. The van der Waals surface area contributed by atoms with Gasteiger partial charge in [-0.05, 0) is 43.0 Å². The Morgan fingerprint density at radius 2 is 2.08 bits per heavy atom. The van der Waals surface area contributed by atoms with Gasteiger partial charge in [-0.1, -0.05) is 6.58 Å². The van der Waals surface area contributed by atoms with Crippen LogP contribution in [0.3, 0.4) is 0 Å². The first-order valence-electron chi connectivity index (χ1n) is 8.07. The van der Waals surface area contributed by atoms with Gasteiger partial charge in [0.1, 0.15) is 11.5 Å². The summed E-state index contributed by atoms with van der Waals surface area (Å²) in [5.74, 6) is -0.273. The van der Waals surface area contributed by atoms with E-state index in [0.717, 1.165) is 23.8 Å². The predicted molar refractivity (Wildman–Crippen MR) is 94.0 cm³/mol. The largest absolute Gasteiger partial charge is 0.351 e. The number of hydrogen-bond acceptors (Lipinski definition) is 3. The second kappa shape index (κ2) is 6.97. The third-order valence-corrected chi connectivity index (χ3v) is 5.52. The van der Waals surface area contributed by atoms with Crippen LogP contribution in [0, 0.1) is 11.7 Å². The van der Waals surface area contributed by atoms with Crippen molar-refractivity contribution in [1.29, 1.82) is 0 Å². The van der Waals surface area contributed by atoms with E-state index in [2.05, 4.69) is 16.3 Å². The quantitative estimate of drug-likeness (QED) is 0.852. The van der Waals surface area contributed by atoms with Gasteiger partial charge in [-0.25, -0.2) is 17.5 Å². The number of likely N-dealkylation sites (tertiary alicyclic amines) is 1. The topological polar surface area (TPSA) is 82.3 Å². The first kappa shape index (κ1) is 17.6. The zero-order valence-corrected chi connectivity index (χ0v) is 14.5. The molecule has 0 radical (unpaired) electrons. The van der Waals surface area contributed by atoms with Gasteiger partial charge >= 0.3 is 0 Å². The molecule has 1 aromatic heterocycles. The Bertz CT molecular complexity index is 899. The molecular formula is C17H20FN3O3S. The van der Waals surface area contributed by atoms with E-state index < -0.39 is 10.0 Å². The van der Waals surface area contributed by atoms with Gasteiger partial charge in [-0.2, -0.15) is 0 Å². The Hall–Kier alpha value is -2.19. The van der Waals surface area contributed by atoms with Crippen LogP contribution in [0.2, 0.25) is 0 Å². The number of H-pyrrole nitrogens is 1. The molecule has 2 N–H and O–H groups in total. The van der Waals surface area contributed by atoms with Gasteiger partial charge in [0.2, 0.25) is 10.0 Å². The molecule has 1 aliphatic heterocycles. The van der Waals surface area contributed by atoms with Gasteiger partial charge in [-0.3, -0.25) is 4.79 Å². The summed E-state index contributed by atoms with van der Waals surface area (Å²) >= 11 is 0. The van der Waals surface area contributed by atoms with E-state index in [0.29, 0.717) is 30.7 Å². The van der Waals surface area contributed by atoms with Crippen LogP contribution in [-0.2, 0) is 10.0 Å². The lowest BCUT2D eigenvalue weighted by molar-refractivity contribution is 0.0687. The summed E-state index contributed by atoms with van der Waals surface area (Å²) < 4.78 is 38.5. The molecule has 0 atom stereocenters. The minimum absolute atomic E-state index is 0.123. The van der Waals surface area contributed by atoms with Crippen molar-refractivity contribution >= 4 is 26.8 Å². The third kappa shape index (κ3) is 4.08. The van der Waals surface area contributed by atoms with Crippen LogP contribution in [-0.4, -0.2) is 43.8 Å². The summed E-state index contributed by atoms with van der Waals surface area (Å²) in [5.41, 5.74) is 1.16. The van der Waals surface area contributed by atoms with E-state index in [4.69, 9.17) is 0 Å². The van der Waals surface area contributed by atoms with Gasteiger partial charge in [0.15, 0.2) is 0 Å². The molecule has 3 rings (SSSR count). The summed E-state index contributed by atoms with van der Waals surface area (Å²) in [7, 11) is -3.41. The van der Waals surface area contributed by atoms with E-state index in [-0.39, 0.29) is 17.6 Å². The van der Waals surface area contributed by atoms with Gasteiger partial charge in [-0.15, -0.1) is 0 Å².